The molecule has 0 radical (unpaired) electrons. The lowest BCUT2D eigenvalue weighted by molar-refractivity contribution is 0.557. The molecular weight excluding hydrogens is 318 g/mol. The Morgan fingerprint density at radius 2 is 1.92 bits per heavy atom. The van der Waals surface area contributed by atoms with Crippen LogP contribution in [-0.2, 0) is 0 Å². The molecule has 0 fully saturated rings. The number of rotatable bonds is 5. The van der Waals surface area contributed by atoms with E-state index in [0.717, 1.165) is 23.3 Å². The number of allylic oxidation sites excluding steroid dienone is 6. The summed E-state index contributed by atoms with van der Waals surface area (Å²) >= 11 is 0. The van der Waals surface area contributed by atoms with Crippen molar-refractivity contribution in [3.63, 3.8) is 0 Å². The van der Waals surface area contributed by atoms with Gasteiger partial charge in [-0.2, -0.15) is 0 Å². The lowest BCUT2D eigenvalue weighted by atomic mass is 9.83. The van der Waals surface area contributed by atoms with E-state index in [4.69, 9.17) is 16.5 Å². The number of benzene rings is 2. The smallest absolute Gasteiger partial charge is 0.123 e. The molecule has 0 amide bonds. The minimum atomic E-state index is -0.465. The van der Waals surface area contributed by atoms with Crippen molar-refractivity contribution in [2.75, 3.05) is 5.73 Å². The fraction of sp³-hybridized carbons (Fsp3) is 0.174. The quantitative estimate of drug-likeness (QED) is 0.605. The predicted molar refractivity (Wildman–Crippen MR) is 111 cm³/mol. The van der Waals surface area contributed by atoms with E-state index >= 15 is 0 Å². The largest absolute Gasteiger partial charge is 0.399 e. The van der Waals surface area contributed by atoms with Crippen molar-refractivity contribution in [2.24, 2.45) is 16.1 Å². The molecule has 0 spiro atoms. The van der Waals surface area contributed by atoms with Gasteiger partial charge in [0.05, 0.1) is 5.71 Å². The standard InChI is InChI=1S/C23H25N3/c1-23(14-6-3-7-15-23)16-13-21(18-9-4-2-5-10-18)26-22(25)19-11-8-12-20(24)17-19/h2-14,16-17,22H,15,24-25H2,1H3/b16-13+,26-21+/t22?,23-/m1/s1. The molecule has 0 bridgehead atoms. The fourth-order valence-corrected chi connectivity index (χ4v) is 2.93. The van der Waals surface area contributed by atoms with Gasteiger partial charge in [0, 0.05) is 11.1 Å². The Morgan fingerprint density at radius 3 is 2.62 bits per heavy atom. The van der Waals surface area contributed by atoms with Gasteiger partial charge < -0.3 is 11.5 Å². The Hall–Kier alpha value is -2.91. The summed E-state index contributed by atoms with van der Waals surface area (Å²) in [5.74, 6) is 0. The second-order valence-electron chi connectivity index (χ2n) is 6.83. The third-order valence-corrected chi connectivity index (χ3v) is 4.50. The molecule has 0 saturated carbocycles. The van der Waals surface area contributed by atoms with E-state index in [1.165, 1.54) is 0 Å². The molecule has 132 valence electrons. The molecule has 3 heteroatoms. The van der Waals surface area contributed by atoms with Gasteiger partial charge in [-0.15, -0.1) is 0 Å². The zero-order chi connectivity index (χ0) is 18.4. The second-order valence-corrected chi connectivity index (χ2v) is 6.83. The summed E-state index contributed by atoms with van der Waals surface area (Å²) in [7, 11) is 0. The summed E-state index contributed by atoms with van der Waals surface area (Å²) in [5.41, 5.74) is 15.7. The molecule has 2 aromatic carbocycles. The number of hydrogen-bond acceptors (Lipinski definition) is 3. The Balaban J connectivity index is 1.93. The van der Waals surface area contributed by atoms with Gasteiger partial charge in [-0.3, -0.25) is 4.99 Å². The first kappa shape index (κ1) is 17.9. The highest BCUT2D eigenvalue weighted by molar-refractivity contribution is 6.08. The maximum atomic E-state index is 6.34. The maximum absolute atomic E-state index is 6.34. The average Bonchev–Trinajstić information content (AvgIpc) is 2.66. The van der Waals surface area contributed by atoms with Crippen molar-refractivity contribution in [3.05, 3.63) is 102 Å². The third kappa shape index (κ3) is 4.58. The molecule has 4 N–H and O–H groups in total. The average molecular weight is 343 g/mol. The van der Waals surface area contributed by atoms with Crippen LogP contribution in [0.4, 0.5) is 5.69 Å². The lowest BCUT2D eigenvalue weighted by Gasteiger charge is -2.22. The molecule has 2 aromatic rings. The van der Waals surface area contributed by atoms with Gasteiger partial charge in [0.2, 0.25) is 0 Å². The molecule has 0 saturated heterocycles. The van der Waals surface area contributed by atoms with Gasteiger partial charge in [0.25, 0.3) is 0 Å². The molecule has 0 aromatic heterocycles. The number of nitrogen functional groups attached to an aromatic ring is 1. The van der Waals surface area contributed by atoms with Crippen LogP contribution in [0.25, 0.3) is 0 Å². The fourth-order valence-electron chi connectivity index (χ4n) is 2.93. The van der Waals surface area contributed by atoms with E-state index in [9.17, 15) is 0 Å². The molecule has 3 rings (SSSR count). The van der Waals surface area contributed by atoms with Gasteiger partial charge in [0.15, 0.2) is 0 Å². The Kier molecular flexibility index (Phi) is 5.49. The van der Waals surface area contributed by atoms with Gasteiger partial charge >= 0.3 is 0 Å². The van der Waals surface area contributed by atoms with Crippen LogP contribution in [0.5, 0.6) is 0 Å². The van der Waals surface area contributed by atoms with Gasteiger partial charge in [-0.25, -0.2) is 0 Å². The third-order valence-electron chi connectivity index (χ3n) is 4.50. The van der Waals surface area contributed by atoms with E-state index in [0.29, 0.717) is 5.69 Å². The summed E-state index contributed by atoms with van der Waals surface area (Å²) in [4.78, 5) is 4.78. The first-order chi connectivity index (χ1) is 12.6. The SMILES string of the molecule is C[C@@]1(/C=C/C(=N\C(N)c2cccc(N)c2)c2ccccc2)C=CC=CC1. The van der Waals surface area contributed by atoms with Crippen molar-refractivity contribution >= 4 is 11.4 Å². The first-order valence-electron chi connectivity index (χ1n) is 8.84. The predicted octanol–water partition coefficient (Wildman–Crippen LogP) is 4.79. The monoisotopic (exact) mass is 343 g/mol. The van der Waals surface area contributed by atoms with E-state index in [2.05, 4.69) is 43.4 Å². The molecule has 0 aliphatic heterocycles. The first-order valence-corrected chi connectivity index (χ1v) is 8.84. The summed E-state index contributed by atoms with van der Waals surface area (Å²) in [6.45, 7) is 2.21. The normalized spacial score (nSPS) is 21.2. The van der Waals surface area contributed by atoms with Crippen LogP contribution >= 0.6 is 0 Å². The van der Waals surface area contributed by atoms with Crippen molar-refractivity contribution in [1.29, 1.82) is 0 Å². The highest BCUT2D eigenvalue weighted by atomic mass is 14.9. The van der Waals surface area contributed by atoms with Crippen LogP contribution in [-0.4, -0.2) is 5.71 Å². The Morgan fingerprint density at radius 1 is 1.12 bits per heavy atom. The van der Waals surface area contributed by atoms with Crippen molar-refractivity contribution < 1.29 is 0 Å². The number of nitrogens with two attached hydrogens (primary N) is 2. The topological polar surface area (TPSA) is 64.4 Å². The van der Waals surface area contributed by atoms with Crippen molar-refractivity contribution in [1.82, 2.24) is 0 Å². The minimum absolute atomic E-state index is 0.00836. The van der Waals surface area contributed by atoms with Crippen LogP contribution < -0.4 is 11.5 Å². The summed E-state index contributed by atoms with van der Waals surface area (Å²) in [6, 6.07) is 17.7. The lowest BCUT2D eigenvalue weighted by Crippen LogP contribution is -2.13. The van der Waals surface area contributed by atoms with Crippen LogP contribution in [0.3, 0.4) is 0 Å². The second kappa shape index (κ2) is 7.98. The minimum Gasteiger partial charge on any atom is -0.399 e. The molecule has 0 heterocycles. The van der Waals surface area contributed by atoms with E-state index in [-0.39, 0.29) is 5.41 Å². The Bertz CT molecular complexity index is 862. The van der Waals surface area contributed by atoms with Crippen LogP contribution in [0, 0.1) is 5.41 Å². The molecular formula is C23H25N3. The molecule has 1 aliphatic carbocycles. The highest BCUT2D eigenvalue weighted by Crippen LogP contribution is 2.29. The van der Waals surface area contributed by atoms with E-state index in [1.807, 2.05) is 54.6 Å². The van der Waals surface area contributed by atoms with Crippen molar-refractivity contribution in [2.45, 2.75) is 19.5 Å². The van der Waals surface area contributed by atoms with E-state index in [1.54, 1.807) is 0 Å². The van der Waals surface area contributed by atoms with Gasteiger partial charge in [0.1, 0.15) is 6.17 Å². The zero-order valence-corrected chi connectivity index (χ0v) is 15.0. The number of hydrogen-bond donors (Lipinski definition) is 2. The maximum Gasteiger partial charge on any atom is 0.123 e. The zero-order valence-electron chi connectivity index (χ0n) is 15.0. The van der Waals surface area contributed by atoms with Crippen molar-refractivity contribution in [3.8, 4) is 0 Å². The number of nitrogens with zero attached hydrogens (tertiary/aromatic N) is 1. The molecule has 1 unspecified atom stereocenters. The number of aliphatic imine (C=N–C) groups is 1. The van der Waals surface area contributed by atoms with E-state index < -0.39 is 6.17 Å². The summed E-state index contributed by atoms with van der Waals surface area (Å²) in [6.07, 6.45) is 13.3. The molecule has 1 aliphatic rings. The van der Waals surface area contributed by atoms with Gasteiger partial charge in [-0.1, -0.05) is 79.8 Å². The highest BCUT2D eigenvalue weighted by Gasteiger charge is 2.17. The van der Waals surface area contributed by atoms with Crippen LogP contribution in [0.15, 0.2) is 96.0 Å². The molecule has 2 atom stereocenters. The summed E-state index contributed by atoms with van der Waals surface area (Å²) < 4.78 is 0. The van der Waals surface area contributed by atoms with Crippen LogP contribution in [0.1, 0.15) is 30.6 Å². The van der Waals surface area contributed by atoms with Gasteiger partial charge in [-0.05, 0) is 35.8 Å². The molecule has 26 heavy (non-hydrogen) atoms. The summed E-state index contributed by atoms with van der Waals surface area (Å²) in [5, 5.41) is 0. The molecule has 3 nitrogen and oxygen atoms in total. The van der Waals surface area contributed by atoms with Crippen LogP contribution in [0.2, 0.25) is 0 Å². The number of anilines is 1. The Labute approximate surface area is 155 Å².